The highest BCUT2D eigenvalue weighted by Crippen LogP contribution is 2.59. The second-order valence-electron chi connectivity index (χ2n) is 7.85. The lowest BCUT2D eigenvalue weighted by Gasteiger charge is -2.56. The Balaban J connectivity index is 1.51. The van der Waals surface area contributed by atoms with Gasteiger partial charge in [0.1, 0.15) is 9.77 Å². The second-order valence-corrected chi connectivity index (χ2v) is 10.5. The van der Waals surface area contributed by atoms with E-state index in [0.717, 1.165) is 48.4 Å². The first-order valence-corrected chi connectivity index (χ1v) is 10.9. The molecule has 5 nitrogen and oxygen atoms in total. The smallest absolute Gasteiger partial charge is 0.349 e. The maximum atomic E-state index is 12.7. The fourth-order valence-corrected chi connectivity index (χ4v) is 8.07. The van der Waals surface area contributed by atoms with Crippen LogP contribution in [0.2, 0.25) is 0 Å². The molecule has 132 valence electrons. The molecule has 0 aliphatic heterocycles. The molecule has 0 amide bonds. The Kier molecular flexibility index (Phi) is 4.01. The van der Waals surface area contributed by atoms with Gasteiger partial charge >= 0.3 is 5.97 Å². The van der Waals surface area contributed by atoms with Crippen molar-refractivity contribution in [3.63, 3.8) is 0 Å². The van der Waals surface area contributed by atoms with Gasteiger partial charge in [-0.1, -0.05) is 0 Å². The Labute approximate surface area is 146 Å². The summed E-state index contributed by atoms with van der Waals surface area (Å²) < 4.78 is 32.9. The summed E-state index contributed by atoms with van der Waals surface area (Å²) >= 11 is 1.10. The van der Waals surface area contributed by atoms with Gasteiger partial charge in [0.05, 0.1) is 7.11 Å². The molecule has 4 aliphatic carbocycles. The average molecular weight is 370 g/mol. The third-order valence-corrected chi connectivity index (χ3v) is 8.56. The normalized spacial score (nSPS) is 34.5. The van der Waals surface area contributed by atoms with Crippen molar-refractivity contribution in [3.05, 3.63) is 16.3 Å². The fourth-order valence-electron chi connectivity index (χ4n) is 5.58. The standard InChI is InChI=1S/C17H23NO4S2/c1-22-16(19)15-14(2-3-23-15)24(20,21)18-10-17-7-11-4-12(8-17)6-13(5-11)9-17/h2-3,11-13,18H,4-10H2,1H3. The van der Waals surface area contributed by atoms with Crippen LogP contribution in [0.4, 0.5) is 0 Å². The molecule has 4 saturated carbocycles. The van der Waals surface area contributed by atoms with Gasteiger partial charge in [0, 0.05) is 6.54 Å². The van der Waals surface area contributed by atoms with Crippen molar-refractivity contribution in [2.45, 2.75) is 43.4 Å². The van der Waals surface area contributed by atoms with Crippen molar-refractivity contribution < 1.29 is 17.9 Å². The fraction of sp³-hybridized carbons (Fsp3) is 0.706. The summed E-state index contributed by atoms with van der Waals surface area (Å²) in [6.45, 7) is 0.495. The maximum absolute atomic E-state index is 12.7. The van der Waals surface area contributed by atoms with Gasteiger partial charge in [-0.15, -0.1) is 11.3 Å². The van der Waals surface area contributed by atoms with E-state index in [4.69, 9.17) is 0 Å². The first-order valence-electron chi connectivity index (χ1n) is 8.56. The Hall–Kier alpha value is -0.920. The van der Waals surface area contributed by atoms with Gasteiger partial charge in [-0.3, -0.25) is 0 Å². The summed E-state index contributed by atoms with van der Waals surface area (Å²) in [5.74, 6) is 1.76. The second kappa shape index (κ2) is 5.81. The largest absolute Gasteiger partial charge is 0.465 e. The third-order valence-electron chi connectivity index (χ3n) is 6.09. The molecule has 1 N–H and O–H groups in total. The Morgan fingerprint density at radius 3 is 2.38 bits per heavy atom. The molecule has 1 heterocycles. The Morgan fingerprint density at radius 2 is 1.83 bits per heavy atom. The average Bonchev–Trinajstić information content (AvgIpc) is 3.02. The SMILES string of the molecule is COC(=O)c1sccc1S(=O)(=O)NCC12CC3CC(CC(C3)C1)C2. The number of sulfonamides is 1. The molecule has 4 fully saturated rings. The third kappa shape index (κ3) is 2.80. The van der Waals surface area contributed by atoms with Crippen LogP contribution in [0, 0.1) is 23.2 Å². The minimum absolute atomic E-state index is 0.0454. The molecule has 0 spiro atoms. The lowest BCUT2D eigenvalue weighted by molar-refractivity contribution is -0.0487. The molecule has 0 radical (unpaired) electrons. The van der Waals surface area contributed by atoms with Crippen LogP contribution in [-0.2, 0) is 14.8 Å². The molecule has 1 aromatic rings. The van der Waals surface area contributed by atoms with E-state index in [1.54, 1.807) is 5.38 Å². The lowest BCUT2D eigenvalue weighted by Crippen LogP contribution is -2.51. The zero-order chi connectivity index (χ0) is 16.9. The Morgan fingerprint density at radius 1 is 1.25 bits per heavy atom. The summed E-state index contributed by atoms with van der Waals surface area (Å²) in [5.41, 5.74) is 0.128. The van der Waals surface area contributed by atoms with E-state index in [1.165, 1.54) is 32.4 Å². The van der Waals surface area contributed by atoms with Crippen LogP contribution in [0.5, 0.6) is 0 Å². The number of nitrogens with one attached hydrogen (secondary N) is 1. The van der Waals surface area contributed by atoms with Crippen molar-refractivity contribution in [2.24, 2.45) is 23.2 Å². The minimum atomic E-state index is -3.69. The summed E-state index contributed by atoms with van der Waals surface area (Å²) in [5, 5.41) is 1.62. The summed E-state index contributed by atoms with van der Waals surface area (Å²) in [6.07, 6.45) is 7.45. The van der Waals surface area contributed by atoms with E-state index >= 15 is 0 Å². The molecule has 5 rings (SSSR count). The van der Waals surface area contributed by atoms with Gasteiger partial charge in [-0.25, -0.2) is 17.9 Å². The van der Waals surface area contributed by atoms with E-state index in [0.29, 0.717) is 6.54 Å². The lowest BCUT2D eigenvalue weighted by atomic mass is 9.50. The van der Waals surface area contributed by atoms with Gasteiger partial charge in [0.25, 0.3) is 0 Å². The van der Waals surface area contributed by atoms with E-state index in [1.807, 2.05) is 0 Å². The first kappa shape index (κ1) is 16.5. The molecule has 7 heteroatoms. The number of carbonyl (C=O) groups is 1. The molecule has 4 bridgehead atoms. The molecule has 0 unspecified atom stereocenters. The maximum Gasteiger partial charge on any atom is 0.349 e. The monoisotopic (exact) mass is 369 g/mol. The van der Waals surface area contributed by atoms with Crippen LogP contribution in [0.15, 0.2) is 16.3 Å². The van der Waals surface area contributed by atoms with Gasteiger partial charge in [0.15, 0.2) is 0 Å². The molecular weight excluding hydrogens is 346 g/mol. The number of hydrogen-bond acceptors (Lipinski definition) is 5. The number of carbonyl (C=O) groups excluding carboxylic acids is 1. The number of rotatable bonds is 5. The van der Waals surface area contributed by atoms with Crippen molar-refractivity contribution in [2.75, 3.05) is 13.7 Å². The summed E-state index contributed by atoms with van der Waals surface area (Å²) in [4.78, 5) is 12.0. The molecule has 0 atom stereocenters. The van der Waals surface area contributed by atoms with Crippen LogP contribution < -0.4 is 4.72 Å². The molecule has 0 aromatic carbocycles. The van der Waals surface area contributed by atoms with Gasteiger partial charge in [0.2, 0.25) is 10.0 Å². The van der Waals surface area contributed by atoms with Gasteiger partial charge in [-0.05, 0) is 73.1 Å². The zero-order valence-corrected chi connectivity index (χ0v) is 15.4. The van der Waals surface area contributed by atoms with E-state index in [-0.39, 0.29) is 15.2 Å². The molecule has 4 aliphatic rings. The highest BCUT2D eigenvalue weighted by molar-refractivity contribution is 7.89. The predicted molar refractivity (Wildman–Crippen MR) is 91.5 cm³/mol. The number of thiophene rings is 1. The van der Waals surface area contributed by atoms with Crippen molar-refractivity contribution in [1.29, 1.82) is 0 Å². The number of methoxy groups -OCH3 is 1. The number of hydrogen-bond donors (Lipinski definition) is 1. The van der Waals surface area contributed by atoms with Crippen molar-refractivity contribution >= 4 is 27.3 Å². The first-order chi connectivity index (χ1) is 11.4. The van der Waals surface area contributed by atoms with Crippen LogP contribution >= 0.6 is 11.3 Å². The molecule has 1 aromatic heterocycles. The van der Waals surface area contributed by atoms with Crippen molar-refractivity contribution in [3.8, 4) is 0 Å². The quantitative estimate of drug-likeness (QED) is 0.810. The number of ether oxygens (including phenoxy) is 1. The predicted octanol–water partition coefficient (Wildman–Crippen LogP) is 3.03. The van der Waals surface area contributed by atoms with E-state index in [9.17, 15) is 13.2 Å². The number of esters is 1. The zero-order valence-electron chi connectivity index (χ0n) is 13.8. The highest BCUT2D eigenvalue weighted by atomic mass is 32.2. The minimum Gasteiger partial charge on any atom is -0.465 e. The highest BCUT2D eigenvalue weighted by Gasteiger charge is 2.51. The summed E-state index contributed by atoms with van der Waals surface area (Å²) in [7, 11) is -2.42. The topological polar surface area (TPSA) is 72.5 Å². The van der Waals surface area contributed by atoms with Gasteiger partial charge < -0.3 is 4.74 Å². The van der Waals surface area contributed by atoms with Crippen LogP contribution in [0.25, 0.3) is 0 Å². The van der Waals surface area contributed by atoms with Gasteiger partial charge in [-0.2, -0.15) is 0 Å². The van der Waals surface area contributed by atoms with Crippen molar-refractivity contribution in [1.82, 2.24) is 4.72 Å². The van der Waals surface area contributed by atoms with E-state index in [2.05, 4.69) is 9.46 Å². The Bertz CT molecular complexity index is 717. The molecular formula is C17H23NO4S2. The van der Waals surface area contributed by atoms with Crippen LogP contribution in [0.1, 0.15) is 48.2 Å². The summed E-state index contributed by atoms with van der Waals surface area (Å²) in [6, 6.07) is 1.49. The van der Waals surface area contributed by atoms with E-state index < -0.39 is 16.0 Å². The molecule has 0 saturated heterocycles. The van der Waals surface area contributed by atoms with Crippen LogP contribution in [0.3, 0.4) is 0 Å². The van der Waals surface area contributed by atoms with Crippen LogP contribution in [-0.4, -0.2) is 28.0 Å². The molecule has 24 heavy (non-hydrogen) atoms.